The Hall–Kier alpha value is -2.96. The predicted octanol–water partition coefficient (Wildman–Crippen LogP) is 4.45. The number of ether oxygens (including phenoxy) is 1. The largest absolute Gasteiger partial charge is 0.444 e. The molecule has 0 saturated heterocycles. The van der Waals surface area contributed by atoms with Crippen LogP contribution in [0.5, 0.6) is 0 Å². The van der Waals surface area contributed by atoms with E-state index >= 15 is 0 Å². The number of aromatic nitrogens is 1. The lowest BCUT2D eigenvalue weighted by atomic mass is 9.91. The summed E-state index contributed by atoms with van der Waals surface area (Å²) in [5, 5.41) is 5.92. The van der Waals surface area contributed by atoms with Gasteiger partial charge in [0.2, 0.25) is 0 Å². The van der Waals surface area contributed by atoms with E-state index < -0.39 is 11.7 Å². The summed E-state index contributed by atoms with van der Waals surface area (Å²) in [4.78, 5) is 28.9. The third-order valence-corrected chi connectivity index (χ3v) is 4.88. The van der Waals surface area contributed by atoms with E-state index in [9.17, 15) is 14.0 Å². The van der Waals surface area contributed by atoms with Crippen LogP contribution >= 0.6 is 0 Å². The van der Waals surface area contributed by atoms with Crippen molar-refractivity contribution in [2.45, 2.75) is 64.1 Å². The lowest BCUT2D eigenvalue weighted by Gasteiger charge is -2.31. The first kappa shape index (κ1) is 21.7. The molecule has 160 valence electrons. The molecule has 1 aliphatic rings. The molecule has 3 rings (SSSR count). The molecule has 2 atom stereocenters. The standard InChI is InChI=1S/C23H28FN3O3/c1-23(2,3)30-22(29)27-19-9-5-8-18(13-19)26-21(28)16-10-11-20(25-14-16)15-6-4-7-17(24)12-15/h4,6-7,10-12,14,18-19H,5,8-9,13H2,1-3H3,(H,26,28)(H,27,29)/t18?,19-/m0/s1. The highest BCUT2D eigenvalue weighted by Gasteiger charge is 2.26. The number of alkyl carbamates (subject to hydrolysis) is 1. The van der Waals surface area contributed by atoms with Crippen LogP contribution in [-0.4, -0.2) is 34.7 Å². The molecule has 1 aliphatic carbocycles. The van der Waals surface area contributed by atoms with E-state index in [0.717, 1.165) is 19.3 Å². The van der Waals surface area contributed by atoms with Crippen LogP contribution in [0.15, 0.2) is 42.6 Å². The van der Waals surface area contributed by atoms with Gasteiger partial charge in [-0.25, -0.2) is 9.18 Å². The topological polar surface area (TPSA) is 80.3 Å². The minimum atomic E-state index is -0.545. The summed E-state index contributed by atoms with van der Waals surface area (Å²) >= 11 is 0. The van der Waals surface area contributed by atoms with Crippen LogP contribution < -0.4 is 10.6 Å². The Morgan fingerprint density at radius 2 is 1.83 bits per heavy atom. The monoisotopic (exact) mass is 413 g/mol. The smallest absolute Gasteiger partial charge is 0.407 e. The number of benzene rings is 1. The molecule has 1 heterocycles. The molecule has 30 heavy (non-hydrogen) atoms. The van der Waals surface area contributed by atoms with Gasteiger partial charge in [0, 0.05) is 23.8 Å². The van der Waals surface area contributed by atoms with Crippen LogP contribution in [0.4, 0.5) is 9.18 Å². The van der Waals surface area contributed by atoms with Crippen LogP contribution in [-0.2, 0) is 4.74 Å². The van der Waals surface area contributed by atoms with Crippen LogP contribution in [0.25, 0.3) is 11.3 Å². The molecule has 1 saturated carbocycles. The van der Waals surface area contributed by atoms with Crippen LogP contribution in [0.3, 0.4) is 0 Å². The highest BCUT2D eigenvalue weighted by molar-refractivity contribution is 5.94. The van der Waals surface area contributed by atoms with Gasteiger partial charge in [-0.1, -0.05) is 12.1 Å². The maximum absolute atomic E-state index is 13.4. The average Bonchev–Trinajstić information content (AvgIpc) is 2.67. The first-order valence-electron chi connectivity index (χ1n) is 10.2. The van der Waals surface area contributed by atoms with Gasteiger partial charge in [0.25, 0.3) is 5.91 Å². The number of hydrogen-bond donors (Lipinski definition) is 2. The van der Waals surface area contributed by atoms with E-state index in [1.807, 2.05) is 20.8 Å². The summed E-state index contributed by atoms with van der Waals surface area (Å²) in [5.74, 6) is -0.542. The SMILES string of the molecule is CC(C)(C)OC(=O)N[C@H]1CCCC(NC(=O)c2ccc(-c3cccc(F)c3)nc2)C1. The van der Waals surface area contributed by atoms with Gasteiger partial charge in [0.1, 0.15) is 11.4 Å². The molecule has 0 radical (unpaired) electrons. The molecule has 1 aromatic carbocycles. The van der Waals surface area contributed by atoms with Crippen LogP contribution in [0.2, 0.25) is 0 Å². The fourth-order valence-electron chi connectivity index (χ4n) is 3.54. The Labute approximate surface area is 176 Å². The summed E-state index contributed by atoms with van der Waals surface area (Å²) in [6, 6.07) is 9.49. The molecule has 2 aromatic rings. The van der Waals surface area contributed by atoms with E-state index in [4.69, 9.17) is 4.74 Å². The summed E-state index contributed by atoms with van der Waals surface area (Å²) in [5.41, 5.74) is 1.16. The second-order valence-electron chi connectivity index (χ2n) is 8.62. The Morgan fingerprint density at radius 1 is 1.10 bits per heavy atom. The maximum atomic E-state index is 13.4. The van der Waals surface area contributed by atoms with E-state index in [2.05, 4.69) is 15.6 Å². The van der Waals surface area contributed by atoms with Gasteiger partial charge in [-0.15, -0.1) is 0 Å². The fourth-order valence-corrected chi connectivity index (χ4v) is 3.54. The van der Waals surface area contributed by atoms with Crippen molar-refractivity contribution < 1.29 is 18.7 Å². The quantitative estimate of drug-likeness (QED) is 0.776. The van der Waals surface area contributed by atoms with Gasteiger partial charge in [0.15, 0.2) is 0 Å². The van der Waals surface area contributed by atoms with Gasteiger partial charge in [-0.3, -0.25) is 9.78 Å². The van der Waals surface area contributed by atoms with Gasteiger partial charge >= 0.3 is 6.09 Å². The molecule has 1 fully saturated rings. The summed E-state index contributed by atoms with van der Waals surface area (Å²) in [7, 11) is 0. The molecule has 0 aliphatic heterocycles. The zero-order valence-corrected chi connectivity index (χ0v) is 17.6. The highest BCUT2D eigenvalue weighted by Crippen LogP contribution is 2.21. The number of hydrogen-bond acceptors (Lipinski definition) is 4. The first-order chi connectivity index (χ1) is 14.2. The van der Waals surface area contributed by atoms with Gasteiger partial charge in [-0.2, -0.15) is 0 Å². The second kappa shape index (κ2) is 9.24. The number of rotatable bonds is 4. The van der Waals surface area contributed by atoms with Gasteiger partial charge in [0.05, 0.1) is 11.3 Å². The number of carbonyl (C=O) groups is 2. The minimum absolute atomic E-state index is 0.0333. The first-order valence-corrected chi connectivity index (χ1v) is 10.2. The molecule has 6 nitrogen and oxygen atoms in total. The van der Waals surface area contributed by atoms with Crippen molar-refractivity contribution in [3.8, 4) is 11.3 Å². The lowest BCUT2D eigenvalue weighted by Crippen LogP contribution is -2.46. The minimum Gasteiger partial charge on any atom is -0.444 e. The molecular weight excluding hydrogens is 385 g/mol. The zero-order valence-electron chi connectivity index (χ0n) is 17.6. The van der Waals surface area contributed by atoms with E-state index in [1.54, 1.807) is 24.3 Å². The number of nitrogens with zero attached hydrogens (tertiary/aromatic N) is 1. The van der Waals surface area contributed by atoms with Crippen molar-refractivity contribution in [1.82, 2.24) is 15.6 Å². The van der Waals surface area contributed by atoms with Crippen molar-refractivity contribution >= 4 is 12.0 Å². The van der Waals surface area contributed by atoms with E-state index in [1.165, 1.54) is 18.3 Å². The normalized spacial score (nSPS) is 19.1. The molecule has 2 amide bonds. The number of amides is 2. The number of carbonyl (C=O) groups excluding carboxylic acids is 2. The summed E-state index contributed by atoms with van der Waals surface area (Å²) in [6.07, 6.45) is 4.33. The van der Waals surface area contributed by atoms with Crippen molar-refractivity contribution in [1.29, 1.82) is 0 Å². The van der Waals surface area contributed by atoms with Crippen LogP contribution in [0, 0.1) is 5.82 Å². The predicted molar refractivity (Wildman–Crippen MR) is 113 cm³/mol. The highest BCUT2D eigenvalue weighted by atomic mass is 19.1. The summed E-state index contributed by atoms with van der Waals surface area (Å²) < 4.78 is 18.7. The number of nitrogens with one attached hydrogen (secondary N) is 2. The molecule has 0 spiro atoms. The molecular formula is C23H28FN3O3. The van der Waals surface area contributed by atoms with E-state index in [-0.39, 0.29) is 23.8 Å². The van der Waals surface area contributed by atoms with Crippen LogP contribution in [0.1, 0.15) is 56.8 Å². The van der Waals surface area contributed by atoms with Crippen molar-refractivity contribution in [2.24, 2.45) is 0 Å². The fraction of sp³-hybridized carbons (Fsp3) is 0.435. The van der Waals surface area contributed by atoms with Crippen molar-refractivity contribution in [3.05, 3.63) is 54.0 Å². The van der Waals surface area contributed by atoms with Crippen molar-refractivity contribution in [3.63, 3.8) is 0 Å². The molecule has 0 bridgehead atoms. The lowest BCUT2D eigenvalue weighted by molar-refractivity contribution is 0.0489. The maximum Gasteiger partial charge on any atom is 0.407 e. The summed E-state index contributed by atoms with van der Waals surface area (Å²) in [6.45, 7) is 5.47. The number of pyridine rings is 1. The van der Waals surface area contributed by atoms with E-state index in [0.29, 0.717) is 23.2 Å². The molecule has 1 unspecified atom stereocenters. The third-order valence-electron chi connectivity index (χ3n) is 4.88. The average molecular weight is 413 g/mol. The van der Waals surface area contributed by atoms with Gasteiger partial charge in [-0.05, 0) is 70.7 Å². The van der Waals surface area contributed by atoms with Crippen molar-refractivity contribution in [2.75, 3.05) is 0 Å². The molecule has 1 aromatic heterocycles. The molecule has 2 N–H and O–H groups in total. The Bertz CT molecular complexity index is 893. The molecule has 7 heteroatoms. The second-order valence-corrected chi connectivity index (χ2v) is 8.62. The Kier molecular flexibility index (Phi) is 6.70. The third kappa shape index (κ3) is 6.27. The zero-order chi connectivity index (χ0) is 21.7. The Morgan fingerprint density at radius 3 is 2.47 bits per heavy atom. The Balaban J connectivity index is 1.55. The number of halogens is 1. The van der Waals surface area contributed by atoms with Gasteiger partial charge < -0.3 is 15.4 Å².